The van der Waals surface area contributed by atoms with Crippen LogP contribution in [0.15, 0.2) is 48.7 Å². The minimum absolute atomic E-state index is 0.145. The van der Waals surface area contributed by atoms with E-state index in [1.807, 2.05) is 18.2 Å². The molecule has 3 N–H and O–H groups in total. The summed E-state index contributed by atoms with van der Waals surface area (Å²) in [6.07, 6.45) is 1.67. The zero-order valence-corrected chi connectivity index (χ0v) is 9.93. The molecule has 0 aliphatic rings. The summed E-state index contributed by atoms with van der Waals surface area (Å²) in [6, 6.07) is 12.1. The average molecular weight is 253 g/mol. The molecule has 19 heavy (non-hydrogen) atoms. The Morgan fingerprint density at radius 3 is 2.74 bits per heavy atom. The first-order chi connectivity index (χ1) is 9.25. The molecule has 2 heterocycles. The van der Waals surface area contributed by atoms with Crippen molar-refractivity contribution in [3.8, 4) is 22.8 Å². The van der Waals surface area contributed by atoms with Crippen LogP contribution in [-0.4, -0.2) is 25.1 Å². The van der Waals surface area contributed by atoms with E-state index in [2.05, 4.69) is 15.3 Å². The third-order valence-corrected chi connectivity index (χ3v) is 2.69. The van der Waals surface area contributed by atoms with Gasteiger partial charge in [0.15, 0.2) is 11.5 Å². The van der Waals surface area contributed by atoms with Crippen molar-refractivity contribution in [2.75, 3.05) is 5.73 Å². The molecule has 6 nitrogen and oxygen atoms in total. The molecule has 0 atom stereocenters. The maximum Gasteiger partial charge on any atom is 0.157 e. The highest BCUT2D eigenvalue weighted by Gasteiger charge is 2.13. The van der Waals surface area contributed by atoms with Crippen LogP contribution in [0, 0.1) is 0 Å². The largest absolute Gasteiger partial charge is 0.508 e. The molecule has 1 aromatic carbocycles. The van der Waals surface area contributed by atoms with Crippen molar-refractivity contribution < 1.29 is 5.11 Å². The second kappa shape index (κ2) is 4.41. The summed E-state index contributed by atoms with van der Waals surface area (Å²) in [4.78, 5) is 4.19. The highest BCUT2D eigenvalue weighted by atomic mass is 16.3. The summed E-state index contributed by atoms with van der Waals surface area (Å²) in [5.74, 6) is 0.524. The van der Waals surface area contributed by atoms with Crippen molar-refractivity contribution in [3.63, 3.8) is 0 Å². The van der Waals surface area contributed by atoms with Gasteiger partial charge in [-0.15, -0.1) is 5.10 Å². The van der Waals surface area contributed by atoms with Gasteiger partial charge in [0.25, 0.3) is 0 Å². The van der Waals surface area contributed by atoms with Gasteiger partial charge < -0.3 is 10.8 Å². The molecule has 0 radical (unpaired) electrons. The van der Waals surface area contributed by atoms with Crippen molar-refractivity contribution in [3.05, 3.63) is 48.7 Å². The molecule has 3 aromatic rings. The normalized spacial score (nSPS) is 10.5. The van der Waals surface area contributed by atoms with Gasteiger partial charge in [0.05, 0.1) is 11.4 Å². The van der Waals surface area contributed by atoms with Crippen molar-refractivity contribution in [2.45, 2.75) is 0 Å². The van der Waals surface area contributed by atoms with Gasteiger partial charge in [-0.3, -0.25) is 4.98 Å². The van der Waals surface area contributed by atoms with E-state index in [4.69, 9.17) is 5.73 Å². The molecule has 94 valence electrons. The smallest absolute Gasteiger partial charge is 0.157 e. The zero-order chi connectivity index (χ0) is 13.2. The minimum atomic E-state index is 0.145. The highest BCUT2D eigenvalue weighted by Crippen LogP contribution is 2.24. The van der Waals surface area contributed by atoms with Gasteiger partial charge in [0, 0.05) is 12.3 Å². The lowest BCUT2D eigenvalue weighted by Gasteiger charge is -2.03. The van der Waals surface area contributed by atoms with Crippen LogP contribution in [0.25, 0.3) is 17.1 Å². The van der Waals surface area contributed by atoms with Gasteiger partial charge in [-0.1, -0.05) is 17.3 Å². The number of aromatic nitrogens is 4. The molecule has 0 fully saturated rings. The fourth-order valence-electron chi connectivity index (χ4n) is 1.79. The number of hydrogen-bond acceptors (Lipinski definition) is 5. The van der Waals surface area contributed by atoms with Crippen LogP contribution in [0.1, 0.15) is 0 Å². The monoisotopic (exact) mass is 253 g/mol. The van der Waals surface area contributed by atoms with Gasteiger partial charge in [0.1, 0.15) is 5.75 Å². The molecular formula is C13H11N5O. The van der Waals surface area contributed by atoms with E-state index in [-0.39, 0.29) is 5.75 Å². The van der Waals surface area contributed by atoms with Crippen LogP contribution >= 0.6 is 0 Å². The number of aromatic hydroxyl groups is 1. The summed E-state index contributed by atoms with van der Waals surface area (Å²) < 4.78 is 1.46. The van der Waals surface area contributed by atoms with E-state index in [0.717, 1.165) is 0 Å². The molecule has 0 bridgehead atoms. The van der Waals surface area contributed by atoms with Crippen LogP contribution in [0.5, 0.6) is 5.75 Å². The number of nitrogens with zero attached hydrogens (tertiary/aromatic N) is 4. The number of phenolic OH excluding ortho intramolecular Hbond substituents is 1. The van der Waals surface area contributed by atoms with Crippen LogP contribution < -0.4 is 5.73 Å². The van der Waals surface area contributed by atoms with Crippen LogP contribution in [0.4, 0.5) is 5.82 Å². The SMILES string of the molecule is Nc1c(-c2ccccn2)nnn1-c1cccc(O)c1. The molecule has 3 rings (SSSR count). The van der Waals surface area contributed by atoms with E-state index >= 15 is 0 Å². The Labute approximate surface area is 109 Å². The third kappa shape index (κ3) is 1.99. The van der Waals surface area contributed by atoms with E-state index in [1.165, 1.54) is 4.68 Å². The molecule has 0 amide bonds. The van der Waals surface area contributed by atoms with E-state index < -0.39 is 0 Å². The molecule has 6 heteroatoms. The summed E-state index contributed by atoms with van der Waals surface area (Å²) in [5.41, 5.74) is 7.86. The molecule has 0 saturated heterocycles. The van der Waals surface area contributed by atoms with Crippen molar-refractivity contribution >= 4 is 5.82 Å². The lowest BCUT2D eigenvalue weighted by molar-refractivity contribution is 0.475. The van der Waals surface area contributed by atoms with Gasteiger partial charge in [-0.25, -0.2) is 0 Å². The molecule has 0 saturated carbocycles. The Hall–Kier alpha value is -2.89. The van der Waals surface area contributed by atoms with Crippen LogP contribution in [0.3, 0.4) is 0 Å². The van der Waals surface area contributed by atoms with Crippen molar-refractivity contribution in [1.29, 1.82) is 0 Å². The zero-order valence-electron chi connectivity index (χ0n) is 9.93. The van der Waals surface area contributed by atoms with E-state index in [0.29, 0.717) is 22.9 Å². The molecular weight excluding hydrogens is 242 g/mol. The summed E-state index contributed by atoms with van der Waals surface area (Å²) in [5, 5.41) is 17.5. The van der Waals surface area contributed by atoms with Crippen molar-refractivity contribution in [2.24, 2.45) is 0 Å². The first kappa shape index (κ1) is 11.2. The number of pyridine rings is 1. The lowest BCUT2D eigenvalue weighted by Crippen LogP contribution is -2.02. The Kier molecular flexibility index (Phi) is 2.60. The first-order valence-electron chi connectivity index (χ1n) is 5.67. The topological polar surface area (TPSA) is 89.9 Å². The maximum absolute atomic E-state index is 9.47. The predicted molar refractivity (Wildman–Crippen MR) is 70.7 cm³/mol. The Morgan fingerprint density at radius 2 is 2.00 bits per heavy atom. The Balaban J connectivity index is 2.09. The van der Waals surface area contributed by atoms with Gasteiger partial charge in [-0.05, 0) is 24.3 Å². The quantitative estimate of drug-likeness (QED) is 0.724. The van der Waals surface area contributed by atoms with Gasteiger partial charge in [-0.2, -0.15) is 4.68 Å². The molecule has 0 aliphatic heterocycles. The number of nitrogens with two attached hydrogens (primary N) is 1. The second-order valence-corrected chi connectivity index (χ2v) is 3.97. The number of rotatable bonds is 2. The fourth-order valence-corrected chi connectivity index (χ4v) is 1.79. The predicted octanol–water partition coefficient (Wildman–Crippen LogP) is 1.62. The summed E-state index contributed by atoms with van der Waals surface area (Å²) in [7, 11) is 0. The Morgan fingerprint density at radius 1 is 1.11 bits per heavy atom. The third-order valence-electron chi connectivity index (χ3n) is 2.69. The van der Waals surface area contributed by atoms with Gasteiger partial charge >= 0.3 is 0 Å². The molecule has 0 unspecified atom stereocenters. The number of phenols is 1. The van der Waals surface area contributed by atoms with Gasteiger partial charge in [0.2, 0.25) is 0 Å². The summed E-state index contributed by atoms with van der Waals surface area (Å²) >= 11 is 0. The molecule has 2 aromatic heterocycles. The number of benzene rings is 1. The first-order valence-corrected chi connectivity index (χ1v) is 5.67. The number of hydrogen-bond donors (Lipinski definition) is 2. The number of nitrogen functional groups attached to an aromatic ring is 1. The van der Waals surface area contributed by atoms with E-state index in [1.54, 1.807) is 30.5 Å². The minimum Gasteiger partial charge on any atom is -0.508 e. The fraction of sp³-hybridized carbons (Fsp3) is 0. The van der Waals surface area contributed by atoms with Crippen LogP contribution in [0.2, 0.25) is 0 Å². The highest BCUT2D eigenvalue weighted by molar-refractivity contribution is 5.67. The number of anilines is 1. The lowest BCUT2D eigenvalue weighted by atomic mass is 10.2. The molecule has 0 spiro atoms. The van der Waals surface area contributed by atoms with Crippen molar-refractivity contribution in [1.82, 2.24) is 20.0 Å². The second-order valence-electron chi connectivity index (χ2n) is 3.97. The average Bonchev–Trinajstić information content (AvgIpc) is 2.81. The molecule has 0 aliphatic carbocycles. The Bertz CT molecular complexity index is 708. The summed E-state index contributed by atoms with van der Waals surface area (Å²) in [6.45, 7) is 0. The standard InChI is InChI=1S/C13H11N5O/c14-13-12(11-6-1-2-7-15-11)16-17-18(13)9-4-3-5-10(19)8-9/h1-8,19H,14H2. The maximum atomic E-state index is 9.47. The van der Waals surface area contributed by atoms with E-state index in [9.17, 15) is 5.11 Å². The van der Waals surface area contributed by atoms with Crippen LogP contribution in [-0.2, 0) is 0 Å².